The van der Waals surface area contributed by atoms with Crippen molar-refractivity contribution in [1.29, 1.82) is 0 Å². The number of amides is 2. The average Bonchev–Trinajstić information content (AvgIpc) is 3.10. The molecule has 3 aromatic rings. The number of hydrogen-bond acceptors (Lipinski definition) is 3. The first-order valence-corrected chi connectivity index (χ1v) is 11.2. The molecule has 0 radical (unpaired) electrons. The van der Waals surface area contributed by atoms with E-state index in [4.69, 9.17) is 4.74 Å². The number of carbonyl (C=O) groups is 2. The molecule has 0 saturated heterocycles. The Bertz CT molecular complexity index is 1140. The monoisotopic (exact) mass is 433 g/mol. The van der Waals surface area contributed by atoms with E-state index in [0.717, 1.165) is 35.2 Å². The topological polar surface area (TPSA) is 63.6 Å². The fraction of sp³-hybridized carbons (Fsp3) is 0.385. The molecule has 1 heterocycles. The lowest BCUT2D eigenvalue weighted by atomic mass is 9.95. The number of benzene rings is 2. The lowest BCUT2D eigenvalue weighted by molar-refractivity contribution is 0.0827. The average molecular weight is 434 g/mol. The minimum absolute atomic E-state index is 0.0682. The van der Waals surface area contributed by atoms with E-state index in [-0.39, 0.29) is 11.8 Å². The highest BCUT2D eigenvalue weighted by Crippen LogP contribution is 2.37. The van der Waals surface area contributed by atoms with Crippen LogP contribution in [0.25, 0.3) is 10.9 Å². The molecule has 0 bridgehead atoms. The molecule has 6 heteroatoms. The summed E-state index contributed by atoms with van der Waals surface area (Å²) in [5.41, 5.74) is 3.98. The van der Waals surface area contributed by atoms with Gasteiger partial charge in [-0.15, -0.1) is 0 Å². The van der Waals surface area contributed by atoms with Gasteiger partial charge in [0.2, 0.25) is 0 Å². The van der Waals surface area contributed by atoms with Gasteiger partial charge in [0, 0.05) is 48.0 Å². The number of rotatable bonds is 5. The summed E-state index contributed by atoms with van der Waals surface area (Å²) in [5.74, 6) is 0.516. The van der Waals surface area contributed by atoms with Gasteiger partial charge in [0.1, 0.15) is 5.75 Å². The molecule has 1 N–H and O–H groups in total. The Labute approximate surface area is 189 Å². The number of aromatic nitrogens is 1. The van der Waals surface area contributed by atoms with Crippen molar-refractivity contribution in [1.82, 2.24) is 9.47 Å². The smallest absolute Gasteiger partial charge is 0.258 e. The highest BCUT2D eigenvalue weighted by atomic mass is 16.5. The zero-order chi connectivity index (χ0) is 22.8. The number of methoxy groups -OCH3 is 1. The second kappa shape index (κ2) is 9.07. The summed E-state index contributed by atoms with van der Waals surface area (Å²) in [6.07, 6.45) is 6.00. The Morgan fingerprint density at radius 2 is 1.72 bits per heavy atom. The summed E-state index contributed by atoms with van der Waals surface area (Å²) in [6, 6.07) is 13.4. The molecule has 1 saturated carbocycles. The first-order chi connectivity index (χ1) is 15.4. The van der Waals surface area contributed by atoms with Crippen molar-refractivity contribution in [3.05, 3.63) is 59.3 Å². The second-order valence-corrected chi connectivity index (χ2v) is 8.74. The normalized spacial score (nSPS) is 14.4. The second-order valence-electron chi connectivity index (χ2n) is 8.74. The highest BCUT2D eigenvalue weighted by Gasteiger charge is 2.25. The maximum Gasteiger partial charge on any atom is 0.258 e. The van der Waals surface area contributed by atoms with Crippen LogP contribution in [0.3, 0.4) is 0 Å². The quantitative estimate of drug-likeness (QED) is 0.585. The number of fused-ring (bicyclic) bond motifs is 1. The van der Waals surface area contributed by atoms with Gasteiger partial charge in [-0.2, -0.15) is 0 Å². The molecule has 1 fully saturated rings. The fourth-order valence-electron chi connectivity index (χ4n) is 4.79. The highest BCUT2D eigenvalue weighted by molar-refractivity contribution is 6.14. The van der Waals surface area contributed by atoms with Gasteiger partial charge in [-0.05, 0) is 62.2 Å². The van der Waals surface area contributed by atoms with Crippen LogP contribution in [0.15, 0.2) is 42.5 Å². The number of nitrogens with one attached hydrogen (secondary N) is 1. The predicted molar refractivity (Wildman–Crippen MR) is 128 cm³/mol. The molecule has 0 spiro atoms. The predicted octanol–water partition coefficient (Wildman–Crippen LogP) is 5.42. The van der Waals surface area contributed by atoms with E-state index in [1.807, 2.05) is 19.1 Å². The van der Waals surface area contributed by atoms with Crippen molar-refractivity contribution in [2.24, 2.45) is 0 Å². The minimum Gasteiger partial charge on any atom is -0.497 e. The van der Waals surface area contributed by atoms with Gasteiger partial charge in [0.25, 0.3) is 11.8 Å². The molecule has 4 rings (SSSR count). The summed E-state index contributed by atoms with van der Waals surface area (Å²) in [4.78, 5) is 27.1. The van der Waals surface area contributed by atoms with Gasteiger partial charge in [0.05, 0.1) is 12.7 Å². The molecule has 2 amide bonds. The molecule has 32 heavy (non-hydrogen) atoms. The van der Waals surface area contributed by atoms with Crippen LogP contribution in [0.4, 0.5) is 5.69 Å². The zero-order valence-electron chi connectivity index (χ0n) is 19.3. The maximum atomic E-state index is 13.4. The van der Waals surface area contributed by atoms with Crippen LogP contribution in [0.5, 0.6) is 5.75 Å². The summed E-state index contributed by atoms with van der Waals surface area (Å²) in [7, 11) is 5.08. The minimum atomic E-state index is -0.151. The van der Waals surface area contributed by atoms with Crippen molar-refractivity contribution in [3.8, 4) is 5.75 Å². The first kappa shape index (κ1) is 21.9. The van der Waals surface area contributed by atoms with E-state index in [2.05, 4.69) is 16.0 Å². The van der Waals surface area contributed by atoms with E-state index in [0.29, 0.717) is 22.9 Å². The third kappa shape index (κ3) is 4.09. The molecular formula is C26H31N3O3. The largest absolute Gasteiger partial charge is 0.497 e. The Hall–Kier alpha value is -3.28. The maximum absolute atomic E-state index is 13.4. The van der Waals surface area contributed by atoms with Crippen molar-refractivity contribution in [2.45, 2.75) is 45.1 Å². The van der Waals surface area contributed by atoms with Gasteiger partial charge in [-0.3, -0.25) is 9.59 Å². The van der Waals surface area contributed by atoms with Crippen molar-refractivity contribution in [3.63, 3.8) is 0 Å². The van der Waals surface area contributed by atoms with Gasteiger partial charge in [-0.1, -0.05) is 19.3 Å². The molecule has 0 aliphatic heterocycles. The SMILES string of the molecule is COc1ccc2c(c1)c(C(=O)Nc1ccc(C(=O)N(C)C)cc1)c(C)n2C1CCCCC1. The van der Waals surface area contributed by atoms with Crippen LogP contribution >= 0.6 is 0 Å². The number of carbonyl (C=O) groups excluding carboxylic acids is 2. The lowest BCUT2D eigenvalue weighted by Gasteiger charge is -2.26. The van der Waals surface area contributed by atoms with Crippen LogP contribution < -0.4 is 10.1 Å². The van der Waals surface area contributed by atoms with Crippen molar-refractivity contribution < 1.29 is 14.3 Å². The molecule has 1 aliphatic rings. The molecular weight excluding hydrogens is 402 g/mol. The molecule has 0 unspecified atom stereocenters. The Morgan fingerprint density at radius 3 is 2.34 bits per heavy atom. The number of ether oxygens (including phenoxy) is 1. The van der Waals surface area contributed by atoms with Gasteiger partial charge >= 0.3 is 0 Å². The van der Waals surface area contributed by atoms with Crippen LogP contribution in [0.1, 0.15) is 64.6 Å². The standard InChI is InChI=1S/C26H31N3O3/c1-17-24(25(30)27-19-12-10-18(11-13-19)26(31)28(2)3)22-16-21(32-4)14-15-23(22)29(17)20-8-6-5-7-9-20/h10-16,20H,5-9H2,1-4H3,(H,27,30). The summed E-state index contributed by atoms with van der Waals surface area (Å²) < 4.78 is 7.80. The molecule has 2 aromatic carbocycles. The Kier molecular flexibility index (Phi) is 6.21. The van der Waals surface area contributed by atoms with Gasteiger partial charge in [-0.25, -0.2) is 0 Å². The van der Waals surface area contributed by atoms with E-state index < -0.39 is 0 Å². The van der Waals surface area contributed by atoms with Crippen LogP contribution in [0, 0.1) is 6.92 Å². The summed E-state index contributed by atoms with van der Waals surface area (Å²) >= 11 is 0. The fourth-order valence-corrected chi connectivity index (χ4v) is 4.79. The first-order valence-electron chi connectivity index (χ1n) is 11.2. The molecule has 6 nitrogen and oxygen atoms in total. The van der Waals surface area contributed by atoms with E-state index >= 15 is 0 Å². The Balaban J connectivity index is 1.70. The van der Waals surface area contributed by atoms with E-state index in [9.17, 15) is 9.59 Å². The summed E-state index contributed by atoms with van der Waals surface area (Å²) in [6.45, 7) is 2.04. The van der Waals surface area contributed by atoms with Crippen LogP contribution in [-0.4, -0.2) is 42.5 Å². The van der Waals surface area contributed by atoms with E-state index in [1.165, 1.54) is 24.2 Å². The van der Waals surface area contributed by atoms with Crippen LogP contribution in [0.2, 0.25) is 0 Å². The van der Waals surface area contributed by atoms with E-state index in [1.54, 1.807) is 45.5 Å². The zero-order valence-corrected chi connectivity index (χ0v) is 19.3. The lowest BCUT2D eigenvalue weighted by Crippen LogP contribution is -2.21. The molecule has 1 aliphatic carbocycles. The molecule has 0 atom stereocenters. The molecule has 1 aromatic heterocycles. The van der Waals surface area contributed by atoms with Crippen molar-refractivity contribution in [2.75, 3.05) is 26.5 Å². The summed E-state index contributed by atoms with van der Waals surface area (Å²) in [5, 5.41) is 3.93. The number of hydrogen-bond donors (Lipinski definition) is 1. The third-order valence-electron chi connectivity index (χ3n) is 6.42. The molecule has 168 valence electrons. The van der Waals surface area contributed by atoms with Gasteiger partial charge < -0.3 is 19.5 Å². The van der Waals surface area contributed by atoms with Crippen LogP contribution in [-0.2, 0) is 0 Å². The van der Waals surface area contributed by atoms with Crippen molar-refractivity contribution >= 4 is 28.4 Å². The van der Waals surface area contributed by atoms with Gasteiger partial charge in [0.15, 0.2) is 0 Å². The number of nitrogens with zero attached hydrogens (tertiary/aromatic N) is 2. The number of anilines is 1. The third-order valence-corrected chi connectivity index (χ3v) is 6.42. The Morgan fingerprint density at radius 1 is 1.03 bits per heavy atom.